The van der Waals surface area contributed by atoms with Gasteiger partial charge in [0.1, 0.15) is 5.52 Å². The molecule has 5 nitrogen and oxygen atoms in total. The molecule has 0 spiro atoms. The first kappa shape index (κ1) is 20.1. The van der Waals surface area contributed by atoms with Gasteiger partial charge in [0.25, 0.3) is 5.91 Å². The van der Waals surface area contributed by atoms with Crippen molar-refractivity contribution in [3.63, 3.8) is 0 Å². The molecular weight excluding hydrogens is 418 g/mol. The van der Waals surface area contributed by atoms with Gasteiger partial charge in [0.15, 0.2) is 10.7 Å². The second-order valence-electron chi connectivity index (χ2n) is 6.91. The zero-order valence-corrected chi connectivity index (χ0v) is 17.9. The normalized spacial score (nSPS) is 10.8. The molecule has 0 aliphatic heterocycles. The monoisotopic (exact) mass is 435 g/mol. The van der Waals surface area contributed by atoms with Gasteiger partial charge in [0, 0.05) is 11.1 Å². The van der Waals surface area contributed by atoms with Gasteiger partial charge in [0.2, 0.25) is 5.89 Å². The number of hydrogen-bond acceptors (Lipinski definition) is 4. The van der Waals surface area contributed by atoms with Gasteiger partial charge in [-0.1, -0.05) is 41.4 Å². The number of fused-ring (bicyclic) bond motifs is 1. The topological polar surface area (TPSA) is 67.2 Å². The third kappa shape index (κ3) is 4.20. The zero-order valence-electron chi connectivity index (χ0n) is 16.3. The minimum atomic E-state index is -0.281. The molecular formula is C23H18ClN3O2S. The first-order valence-electron chi connectivity index (χ1n) is 9.26. The molecule has 0 saturated heterocycles. The van der Waals surface area contributed by atoms with Gasteiger partial charge in [-0.15, -0.1) is 0 Å². The van der Waals surface area contributed by atoms with Crippen molar-refractivity contribution in [1.29, 1.82) is 0 Å². The number of aromatic nitrogens is 1. The molecule has 0 bridgehead atoms. The number of carbonyl (C=O) groups excluding carboxylic acids is 1. The fourth-order valence-electron chi connectivity index (χ4n) is 3.14. The van der Waals surface area contributed by atoms with Gasteiger partial charge < -0.3 is 9.73 Å². The van der Waals surface area contributed by atoms with Crippen LogP contribution in [0.5, 0.6) is 0 Å². The Balaban J connectivity index is 1.53. The largest absolute Gasteiger partial charge is 0.436 e. The number of hydrogen-bond donors (Lipinski definition) is 2. The number of aryl methyl sites for hydroxylation is 2. The Bertz CT molecular complexity index is 1250. The lowest BCUT2D eigenvalue weighted by Crippen LogP contribution is -2.34. The summed E-state index contributed by atoms with van der Waals surface area (Å²) in [5.41, 5.74) is 5.29. The lowest BCUT2D eigenvalue weighted by molar-refractivity contribution is 0.0977. The maximum Gasteiger partial charge on any atom is 0.257 e. The van der Waals surface area contributed by atoms with E-state index in [9.17, 15) is 4.79 Å². The van der Waals surface area contributed by atoms with Gasteiger partial charge in [0.05, 0.1) is 10.7 Å². The van der Waals surface area contributed by atoms with E-state index in [1.807, 2.05) is 56.3 Å². The van der Waals surface area contributed by atoms with Gasteiger partial charge >= 0.3 is 0 Å². The molecule has 1 aromatic heterocycles. The minimum absolute atomic E-state index is 0.150. The van der Waals surface area contributed by atoms with E-state index >= 15 is 0 Å². The summed E-state index contributed by atoms with van der Waals surface area (Å²) < 4.78 is 5.81. The highest BCUT2D eigenvalue weighted by molar-refractivity contribution is 7.80. The summed E-state index contributed by atoms with van der Waals surface area (Å²) in [6.07, 6.45) is 0. The van der Waals surface area contributed by atoms with Crippen LogP contribution < -0.4 is 10.6 Å². The fraction of sp³-hybridized carbons (Fsp3) is 0.0870. The van der Waals surface area contributed by atoms with Crippen molar-refractivity contribution in [2.45, 2.75) is 13.8 Å². The molecule has 30 heavy (non-hydrogen) atoms. The van der Waals surface area contributed by atoms with Crippen molar-refractivity contribution in [2.75, 3.05) is 5.32 Å². The highest BCUT2D eigenvalue weighted by atomic mass is 35.5. The third-order valence-corrected chi connectivity index (χ3v) is 5.14. The van der Waals surface area contributed by atoms with Gasteiger partial charge in [-0.2, -0.15) is 0 Å². The van der Waals surface area contributed by atoms with Gasteiger partial charge in [-0.3, -0.25) is 10.1 Å². The van der Waals surface area contributed by atoms with Crippen molar-refractivity contribution in [3.8, 4) is 11.5 Å². The molecule has 1 heterocycles. The SMILES string of the molecule is Cc1ccc(C(=O)NC(=S)Nc2cc(-c3nc4ccccc4o3)ccc2Cl)c(C)c1. The Hall–Kier alpha value is -3.22. The van der Waals surface area contributed by atoms with E-state index in [4.69, 9.17) is 28.2 Å². The van der Waals surface area contributed by atoms with Crippen molar-refractivity contribution in [2.24, 2.45) is 0 Å². The van der Waals surface area contributed by atoms with Gasteiger partial charge in [-0.05, 0) is 68.0 Å². The number of carbonyl (C=O) groups is 1. The Morgan fingerprint density at radius 2 is 1.87 bits per heavy atom. The fourth-order valence-corrected chi connectivity index (χ4v) is 3.51. The van der Waals surface area contributed by atoms with E-state index < -0.39 is 0 Å². The molecule has 0 fully saturated rings. The van der Waals surface area contributed by atoms with Crippen LogP contribution in [0.15, 0.2) is 65.1 Å². The standard InChI is InChI=1S/C23H18ClN3O2S/c1-13-7-9-16(14(2)11-13)21(28)27-23(30)26-19-12-15(8-10-17(19)24)22-25-18-5-3-4-6-20(18)29-22/h3-12H,1-2H3,(H2,26,27,28,30). The maximum atomic E-state index is 12.6. The highest BCUT2D eigenvalue weighted by Gasteiger charge is 2.14. The molecule has 2 N–H and O–H groups in total. The molecule has 4 rings (SSSR count). The quantitative estimate of drug-likeness (QED) is 0.392. The average molecular weight is 436 g/mol. The summed E-state index contributed by atoms with van der Waals surface area (Å²) in [7, 11) is 0. The van der Waals surface area contributed by atoms with Crippen LogP contribution >= 0.6 is 23.8 Å². The number of nitrogens with one attached hydrogen (secondary N) is 2. The van der Waals surface area contributed by atoms with Crippen LogP contribution in [0.4, 0.5) is 5.69 Å². The summed E-state index contributed by atoms with van der Waals surface area (Å²) in [6.45, 7) is 3.87. The molecule has 7 heteroatoms. The molecule has 0 aliphatic rings. The predicted octanol–water partition coefficient (Wildman–Crippen LogP) is 5.89. The van der Waals surface area contributed by atoms with Gasteiger partial charge in [-0.25, -0.2) is 4.98 Å². The molecule has 4 aromatic rings. The van der Waals surface area contributed by atoms with Crippen LogP contribution in [0.1, 0.15) is 21.5 Å². The van der Waals surface area contributed by atoms with Crippen LogP contribution in [-0.2, 0) is 0 Å². The lowest BCUT2D eigenvalue weighted by Gasteiger charge is -2.13. The highest BCUT2D eigenvalue weighted by Crippen LogP contribution is 2.30. The summed E-state index contributed by atoms with van der Waals surface area (Å²) in [6, 6.07) is 18.5. The minimum Gasteiger partial charge on any atom is -0.436 e. The number of oxazole rings is 1. The number of amides is 1. The number of anilines is 1. The van der Waals surface area contributed by atoms with Crippen LogP contribution in [0.3, 0.4) is 0 Å². The summed E-state index contributed by atoms with van der Waals surface area (Å²) in [5, 5.41) is 6.29. The molecule has 0 atom stereocenters. The van der Waals surface area contributed by atoms with Crippen LogP contribution in [0, 0.1) is 13.8 Å². The lowest BCUT2D eigenvalue weighted by atomic mass is 10.1. The third-order valence-electron chi connectivity index (χ3n) is 4.61. The van der Waals surface area contributed by atoms with E-state index in [1.54, 1.807) is 18.2 Å². The smallest absolute Gasteiger partial charge is 0.257 e. The van der Waals surface area contributed by atoms with Crippen LogP contribution in [0.25, 0.3) is 22.6 Å². The Morgan fingerprint density at radius 1 is 1.07 bits per heavy atom. The number of rotatable bonds is 3. The van der Waals surface area contributed by atoms with Crippen LogP contribution in [0.2, 0.25) is 5.02 Å². The van der Waals surface area contributed by atoms with E-state index in [0.717, 1.165) is 22.2 Å². The Kier molecular flexibility index (Phi) is 5.53. The summed E-state index contributed by atoms with van der Waals surface area (Å²) in [4.78, 5) is 17.1. The molecule has 3 aromatic carbocycles. The molecule has 0 radical (unpaired) electrons. The number of thiocarbonyl (C=S) groups is 1. The van der Waals surface area contributed by atoms with Crippen molar-refractivity contribution in [1.82, 2.24) is 10.3 Å². The Labute approximate surface area is 184 Å². The van der Waals surface area contributed by atoms with E-state index in [2.05, 4.69) is 15.6 Å². The molecule has 0 saturated carbocycles. The first-order valence-corrected chi connectivity index (χ1v) is 10.0. The van der Waals surface area contributed by atoms with E-state index in [0.29, 0.717) is 27.7 Å². The summed E-state index contributed by atoms with van der Waals surface area (Å²) >= 11 is 11.6. The molecule has 0 unspecified atom stereocenters. The average Bonchev–Trinajstić information content (AvgIpc) is 3.13. The predicted molar refractivity (Wildman–Crippen MR) is 124 cm³/mol. The zero-order chi connectivity index (χ0) is 21.3. The Morgan fingerprint density at radius 3 is 2.63 bits per heavy atom. The van der Waals surface area contributed by atoms with E-state index in [-0.39, 0.29) is 11.0 Å². The van der Waals surface area contributed by atoms with E-state index in [1.165, 1.54) is 0 Å². The van der Waals surface area contributed by atoms with Crippen molar-refractivity contribution >= 4 is 51.6 Å². The second kappa shape index (κ2) is 8.26. The molecule has 1 amide bonds. The first-order chi connectivity index (χ1) is 14.4. The molecule has 150 valence electrons. The van der Waals surface area contributed by atoms with Crippen molar-refractivity contribution < 1.29 is 9.21 Å². The second-order valence-corrected chi connectivity index (χ2v) is 7.72. The molecule has 0 aliphatic carbocycles. The van der Waals surface area contributed by atoms with Crippen molar-refractivity contribution in [3.05, 3.63) is 82.4 Å². The number of halogens is 1. The summed E-state index contributed by atoms with van der Waals surface area (Å²) in [5.74, 6) is 0.192. The van der Waals surface area contributed by atoms with Crippen LogP contribution in [-0.4, -0.2) is 16.0 Å². The number of nitrogens with zero attached hydrogens (tertiary/aromatic N) is 1. The number of benzene rings is 3. The maximum absolute atomic E-state index is 12.6. The number of para-hydroxylation sites is 2.